The third-order valence-corrected chi connectivity index (χ3v) is 4.58. The molecular weight excluding hydrogens is 379 g/mol. The normalized spacial score (nSPS) is 11.0. The van der Waals surface area contributed by atoms with Gasteiger partial charge in [-0.15, -0.1) is 11.3 Å². The fraction of sp³-hybridized carbons (Fsp3) is 0.143. The standard InChI is InChI=1S/C14H9BrClFN2OS/c1-2-10-6-11-12(18-14(16)19-13(11)21-10)20-9-4-7(15)3-8(17)5-9/h3-6H,2H2,1H3. The zero-order valence-corrected chi connectivity index (χ0v) is 14.0. The zero-order valence-electron chi connectivity index (χ0n) is 10.9. The van der Waals surface area contributed by atoms with Gasteiger partial charge in [0, 0.05) is 15.4 Å². The molecule has 3 nitrogen and oxygen atoms in total. The first-order valence-corrected chi connectivity index (χ1v) is 8.14. The second kappa shape index (κ2) is 5.87. The Morgan fingerprint density at radius 2 is 2.10 bits per heavy atom. The Bertz CT molecular complexity index is 804. The maximum absolute atomic E-state index is 13.4. The number of thiophene rings is 1. The lowest BCUT2D eigenvalue weighted by Crippen LogP contribution is -1.92. The van der Waals surface area contributed by atoms with E-state index in [1.807, 2.05) is 6.07 Å². The maximum atomic E-state index is 13.4. The monoisotopic (exact) mass is 386 g/mol. The molecule has 0 spiro atoms. The molecule has 0 N–H and O–H groups in total. The van der Waals surface area contributed by atoms with Crippen LogP contribution >= 0.6 is 38.9 Å². The van der Waals surface area contributed by atoms with Crippen molar-refractivity contribution in [2.75, 3.05) is 0 Å². The van der Waals surface area contributed by atoms with Crippen LogP contribution in [0.3, 0.4) is 0 Å². The van der Waals surface area contributed by atoms with Crippen LogP contribution in [0.2, 0.25) is 5.28 Å². The van der Waals surface area contributed by atoms with Gasteiger partial charge >= 0.3 is 0 Å². The average molecular weight is 388 g/mol. The van der Waals surface area contributed by atoms with Gasteiger partial charge in [0.05, 0.1) is 5.39 Å². The first-order valence-electron chi connectivity index (χ1n) is 6.15. The van der Waals surface area contributed by atoms with E-state index in [0.29, 0.717) is 16.1 Å². The number of rotatable bonds is 3. The molecule has 21 heavy (non-hydrogen) atoms. The zero-order chi connectivity index (χ0) is 15.0. The largest absolute Gasteiger partial charge is 0.438 e. The summed E-state index contributed by atoms with van der Waals surface area (Å²) >= 11 is 10.7. The van der Waals surface area contributed by atoms with E-state index >= 15 is 0 Å². The van der Waals surface area contributed by atoms with Crippen molar-refractivity contribution in [2.45, 2.75) is 13.3 Å². The van der Waals surface area contributed by atoms with Crippen molar-refractivity contribution in [3.8, 4) is 11.6 Å². The number of benzene rings is 1. The molecule has 0 bridgehead atoms. The Hall–Kier alpha value is -1.24. The van der Waals surface area contributed by atoms with Crippen LogP contribution in [-0.2, 0) is 6.42 Å². The summed E-state index contributed by atoms with van der Waals surface area (Å²) in [6.07, 6.45) is 0.892. The minimum atomic E-state index is -0.393. The molecule has 0 saturated heterocycles. The van der Waals surface area contributed by atoms with E-state index in [4.69, 9.17) is 16.3 Å². The van der Waals surface area contributed by atoms with Crippen LogP contribution in [0.25, 0.3) is 10.2 Å². The minimum absolute atomic E-state index is 0.109. The molecule has 3 rings (SSSR count). The summed E-state index contributed by atoms with van der Waals surface area (Å²) in [5, 5.41) is 0.888. The molecule has 0 aliphatic rings. The first kappa shape index (κ1) is 14.7. The fourth-order valence-corrected chi connectivity index (χ4v) is 3.48. The number of hydrogen-bond donors (Lipinski definition) is 0. The van der Waals surface area contributed by atoms with Gasteiger partial charge < -0.3 is 4.74 Å². The van der Waals surface area contributed by atoms with Crippen molar-refractivity contribution in [1.29, 1.82) is 0 Å². The third-order valence-electron chi connectivity index (χ3n) is 2.78. The first-order chi connectivity index (χ1) is 10.0. The van der Waals surface area contributed by atoms with E-state index in [2.05, 4.69) is 32.8 Å². The number of halogens is 3. The van der Waals surface area contributed by atoms with Gasteiger partial charge in [-0.2, -0.15) is 4.98 Å². The average Bonchev–Trinajstić information content (AvgIpc) is 2.80. The SMILES string of the molecule is CCc1cc2c(Oc3cc(F)cc(Br)c3)nc(Cl)nc2s1. The molecule has 7 heteroatoms. The van der Waals surface area contributed by atoms with Gasteiger partial charge in [-0.05, 0) is 36.2 Å². The van der Waals surface area contributed by atoms with Crippen molar-refractivity contribution >= 4 is 49.1 Å². The van der Waals surface area contributed by atoms with Gasteiger partial charge in [0.15, 0.2) is 0 Å². The molecule has 0 atom stereocenters. The van der Waals surface area contributed by atoms with E-state index in [9.17, 15) is 4.39 Å². The predicted molar refractivity (Wildman–Crippen MR) is 86.0 cm³/mol. The lowest BCUT2D eigenvalue weighted by molar-refractivity contribution is 0.463. The number of aromatic nitrogens is 2. The highest BCUT2D eigenvalue weighted by molar-refractivity contribution is 9.10. The van der Waals surface area contributed by atoms with Gasteiger partial charge in [0.25, 0.3) is 0 Å². The number of aryl methyl sites for hydroxylation is 1. The predicted octanol–water partition coefficient (Wildman–Crippen LogP) is 5.60. The summed E-state index contributed by atoms with van der Waals surface area (Å²) in [7, 11) is 0. The molecular formula is C14H9BrClFN2OS. The van der Waals surface area contributed by atoms with Crippen LogP contribution in [0.1, 0.15) is 11.8 Å². The summed E-state index contributed by atoms with van der Waals surface area (Å²) in [4.78, 5) is 10.2. The topological polar surface area (TPSA) is 35.0 Å². The molecule has 0 fully saturated rings. The number of nitrogens with zero attached hydrogens (tertiary/aromatic N) is 2. The Morgan fingerprint density at radius 1 is 1.29 bits per heavy atom. The number of fused-ring (bicyclic) bond motifs is 1. The van der Waals surface area contributed by atoms with Crippen LogP contribution in [-0.4, -0.2) is 9.97 Å². The van der Waals surface area contributed by atoms with Gasteiger partial charge in [-0.25, -0.2) is 9.37 Å². The summed E-state index contributed by atoms with van der Waals surface area (Å²) in [5.41, 5.74) is 0. The highest BCUT2D eigenvalue weighted by atomic mass is 79.9. The lowest BCUT2D eigenvalue weighted by Gasteiger charge is -2.06. The Balaban J connectivity index is 2.08. The van der Waals surface area contributed by atoms with Crippen LogP contribution in [0.5, 0.6) is 11.6 Å². The minimum Gasteiger partial charge on any atom is -0.438 e. The van der Waals surface area contributed by atoms with Crippen LogP contribution < -0.4 is 4.74 Å². The van der Waals surface area contributed by atoms with Crippen LogP contribution in [0.15, 0.2) is 28.7 Å². The molecule has 2 aromatic heterocycles. The number of ether oxygens (including phenoxy) is 1. The molecule has 108 valence electrons. The van der Waals surface area contributed by atoms with Gasteiger partial charge in [-0.3, -0.25) is 0 Å². The van der Waals surface area contributed by atoms with Gasteiger partial charge in [0.1, 0.15) is 16.4 Å². The van der Waals surface area contributed by atoms with E-state index in [1.165, 1.54) is 12.1 Å². The van der Waals surface area contributed by atoms with Crippen molar-refractivity contribution in [1.82, 2.24) is 9.97 Å². The molecule has 2 heterocycles. The molecule has 0 saturated carbocycles. The highest BCUT2D eigenvalue weighted by Crippen LogP contribution is 2.34. The van der Waals surface area contributed by atoms with Crippen molar-refractivity contribution in [3.63, 3.8) is 0 Å². The Morgan fingerprint density at radius 3 is 2.81 bits per heavy atom. The van der Waals surface area contributed by atoms with E-state index in [0.717, 1.165) is 21.5 Å². The Labute approximate surface area is 137 Å². The summed E-state index contributed by atoms with van der Waals surface area (Å²) in [6, 6.07) is 6.28. The van der Waals surface area contributed by atoms with Gasteiger partial charge in [-0.1, -0.05) is 22.9 Å². The molecule has 1 aromatic carbocycles. The van der Waals surface area contributed by atoms with Crippen molar-refractivity contribution in [2.24, 2.45) is 0 Å². The van der Waals surface area contributed by atoms with Crippen molar-refractivity contribution < 1.29 is 9.13 Å². The lowest BCUT2D eigenvalue weighted by atomic mass is 10.3. The summed E-state index contributed by atoms with van der Waals surface area (Å²) in [5.74, 6) is 0.288. The van der Waals surface area contributed by atoms with Gasteiger partial charge in [0.2, 0.25) is 11.2 Å². The smallest absolute Gasteiger partial charge is 0.232 e. The van der Waals surface area contributed by atoms with Crippen LogP contribution in [0, 0.1) is 5.82 Å². The molecule has 0 aliphatic carbocycles. The molecule has 0 amide bonds. The maximum Gasteiger partial charge on any atom is 0.232 e. The van der Waals surface area contributed by atoms with Crippen molar-refractivity contribution in [3.05, 3.63) is 44.7 Å². The highest BCUT2D eigenvalue weighted by Gasteiger charge is 2.13. The molecule has 0 radical (unpaired) electrons. The molecule has 0 aliphatic heterocycles. The molecule has 3 aromatic rings. The Kier molecular flexibility index (Phi) is 4.10. The number of hydrogen-bond acceptors (Lipinski definition) is 4. The third kappa shape index (κ3) is 3.17. The van der Waals surface area contributed by atoms with Crippen LogP contribution in [0.4, 0.5) is 4.39 Å². The van der Waals surface area contributed by atoms with E-state index in [-0.39, 0.29) is 5.28 Å². The summed E-state index contributed by atoms with van der Waals surface area (Å²) < 4.78 is 19.7. The fourth-order valence-electron chi connectivity index (χ4n) is 1.87. The summed E-state index contributed by atoms with van der Waals surface area (Å²) in [6.45, 7) is 2.06. The second-order valence-electron chi connectivity index (χ2n) is 4.29. The quantitative estimate of drug-likeness (QED) is 0.549. The molecule has 0 unspecified atom stereocenters. The van der Waals surface area contributed by atoms with E-state index in [1.54, 1.807) is 17.4 Å². The van der Waals surface area contributed by atoms with E-state index < -0.39 is 5.82 Å². The second-order valence-corrected chi connectivity index (χ2v) is 6.66.